The summed E-state index contributed by atoms with van der Waals surface area (Å²) in [6.45, 7) is 10.1. The fraction of sp³-hybridized carbons (Fsp3) is 0.706. The van der Waals surface area contributed by atoms with Gasteiger partial charge in [0.1, 0.15) is 12.2 Å². The van der Waals surface area contributed by atoms with Gasteiger partial charge in [0.2, 0.25) is 0 Å². The van der Waals surface area contributed by atoms with E-state index in [0.717, 1.165) is 31.3 Å². The van der Waals surface area contributed by atoms with Crippen LogP contribution < -0.4 is 0 Å². The molecule has 0 aromatic heterocycles. The summed E-state index contributed by atoms with van der Waals surface area (Å²) < 4.78 is 12.4. The molecule has 0 amide bonds. The quantitative estimate of drug-likeness (QED) is 0.792. The van der Waals surface area contributed by atoms with Gasteiger partial charge in [0, 0.05) is 11.3 Å². The summed E-state index contributed by atoms with van der Waals surface area (Å²) in [6, 6.07) is 0. The molecule has 2 fully saturated rings. The lowest BCUT2D eigenvalue weighted by Crippen LogP contribution is -2.40. The molecule has 0 N–H and O–H groups in total. The van der Waals surface area contributed by atoms with Gasteiger partial charge in [-0.2, -0.15) is 0 Å². The minimum Gasteiger partial charge on any atom is -0.343 e. The van der Waals surface area contributed by atoms with Crippen LogP contribution in [0.1, 0.15) is 46.5 Å². The summed E-state index contributed by atoms with van der Waals surface area (Å²) >= 11 is 0. The summed E-state index contributed by atoms with van der Waals surface area (Å²) in [7, 11) is 0. The van der Waals surface area contributed by atoms with Crippen LogP contribution in [0.15, 0.2) is 24.3 Å². The summed E-state index contributed by atoms with van der Waals surface area (Å²) in [5.41, 5.74) is 0.813. The molecular weight excluding hydrogens is 252 g/mol. The van der Waals surface area contributed by atoms with E-state index >= 15 is 0 Å². The first-order chi connectivity index (χ1) is 9.51. The predicted octanol–water partition coefficient (Wildman–Crippen LogP) is 3.40. The highest BCUT2D eigenvalue weighted by Crippen LogP contribution is 2.56. The van der Waals surface area contributed by atoms with Crippen molar-refractivity contribution in [2.75, 3.05) is 0 Å². The molecule has 0 bridgehead atoms. The van der Waals surface area contributed by atoms with Gasteiger partial charge in [0.05, 0.1) is 0 Å². The second-order valence-electron chi connectivity index (χ2n) is 6.45. The van der Waals surface area contributed by atoms with E-state index < -0.39 is 11.9 Å². The van der Waals surface area contributed by atoms with Crippen molar-refractivity contribution in [3.8, 4) is 0 Å². The normalized spacial score (nSPS) is 42.0. The number of carbonyl (C=O) groups is 1. The molecule has 0 aromatic carbocycles. The minimum absolute atomic E-state index is 0.103. The number of allylic oxidation sites excluding steroid dienone is 2. The smallest absolute Gasteiger partial charge is 0.170 e. The van der Waals surface area contributed by atoms with E-state index in [9.17, 15) is 4.79 Å². The Morgan fingerprint density at radius 3 is 2.70 bits per heavy atom. The maximum absolute atomic E-state index is 12.9. The molecule has 1 aliphatic heterocycles. The van der Waals surface area contributed by atoms with Crippen molar-refractivity contribution < 1.29 is 14.3 Å². The molecule has 0 radical (unpaired) electrons. The number of ether oxygens (including phenoxy) is 2. The highest BCUT2D eigenvalue weighted by molar-refractivity contribution is 5.93. The molecule has 1 saturated carbocycles. The van der Waals surface area contributed by atoms with Crippen molar-refractivity contribution in [2.45, 2.75) is 64.4 Å². The number of Topliss-reactive ketones (excluding diaryl/α,β-unsaturated/α-hetero) is 1. The van der Waals surface area contributed by atoms with E-state index in [-0.39, 0.29) is 23.2 Å². The van der Waals surface area contributed by atoms with Crippen molar-refractivity contribution in [1.82, 2.24) is 0 Å². The van der Waals surface area contributed by atoms with E-state index in [1.807, 2.05) is 6.08 Å². The molecule has 1 saturated heterocycles. The van der Waals surface area contributed by atoms with Crippen molar-refractivity contribution in [1.29, 1.82) is 0 Å². The zero-order chi connectivity index (χ0) is 14.5. The third-order valence-corrected chi connectivity index (χ3v) is 5.54. The molecular formula is C17H24O3. The molecule has 3 rings (SSSR count). The Bertz CT molecular complexity index is 475. The van der Waals surface area contributed by atoms with Crippen LogP contribution in [0.4, 0.5) is 0 Å². The van der Waals surface area contributed by atoms with Crippen LogP contribution >= 0.6 is 0 Å². The Balaban J connectivity index is 2.01. The number of hydrogen-bond donors (Lipinski definition) is 0. The number of ketones is 1. The second-order valence-corrected chi connectivity index (χ2v) is 6.45. The van der Waals surface area contributed by atoms with Crippen LogP contribution in [-0.4, -0.2) is 23.8 Å². The summed E-state index contributed by atoms with van der Waals surface area (Å²) in [5.74, 6) is -0.245. The van der Waals surface area contributed by atoms with Gasteiger partial charge in [-0.15, -0.1) is 0 Å². The van der Waals surface area contributed by atoms with Crippen LogP contribution in [0.2, 0.25) is 0 Å². The lowest BCUT2D eigenvalue weighted by Gasteiger charge is -2.38. The average molecular weight is 276 g/mol. The largest absolute Gasteiger partial charge is 0.343 e. The minimum atomic E-state index is -0.573. The van der Waals surface area contributed by atoms with Crippen LogP contribution in [0.5, 0.6) is 0 Å². The van der Waals surface area contributed by atoms with Crippen LogP contribution in [0.25, 0.3) is 0 Å². The molecule has 3 nitrogen and oxygen atoms in total. The van der Waals surface area contributed by atoms with Gasteiger partial charge >= 0.3 is 0 Å². The second kappa shape index (κ2) is 4.54. The maximum Gasteiger partial charge on any atom is 0.170 e. The van der Waals surface area contributed by atoms with E-state index in [1.54, 1.807) is 0 Å². The molecule has 20 heavy (non-hydrogen) atoms. The van der Waals surface area contributed by atoms with Crippen molar-refractivity contribution in [2.24, 2.45) is 11.3 Å². The highest BCUT2D eigenvalue weighted by Gasteiger charge is 2.65. The fourth-order valence-electron chi connectivity index (χ4n) is 4.22. The predicted molar refractivity (Wildman–Crippen MR) is 77.2 cm³/mol. The SMILES string of the molecule is C=CC1=CCC[C@]2(C)C(=O)[C@H]3OC(CC)(CC)O[C@H]3[C@H]12. The molecule has 0 spiro atoms. The van der Waals surface area contributed by atoms with Crippen LogP contribution in [0, 0.1) is 11.3 Å². The monoisotopic (exact) mass is 276 g/mol. The molecule has 3 heteroatoms. The Kier molecular flexibility index (Phi) is 3.18. The average Bonchev–Trinajstić information content (AvgIpc) is 2.93. The van der Waals surface area contributed by atoms with Gasteiger partial charge in [-0.3, -0.25) is 4.79 Å². The van der Waals surface area contributed by atoms with Crippen molar-refractivity contribution in [3.63, 3.8) is 0 Å². The number of carbonyl (C=O) groups excluding carboxylic acids is 1. The maximum atomic E-state index is 12.9. The first-order valence-corrected chi connectivity index (χ1v) is 7.74. The first-order valence-electron chi connectivity index (χ1n) is 7.74. The summed E-state index contributed by atoms with van der Waals surface area (Å²) in [6.07, 6.45) is 6.93. The molecule has 110 valence electrons. The van der Waals surface area contributed by atoms with Gasteiger partial charge in [0.15, 0.2) is 11.6 Å². The van der Waals surface area contributed by atoms with Crippen molar-refractivity contribution >= 4 is 5.78 Å². The van der Waals surface area contributed by atoms with E-state index in [0.29, 0.717) is 0 Å². The Morgan fingerprint density at radius 1 is 1.40 bits per heavy atom. The number of rotatable bonds is 3. The Morgan fingerprint density at radius 2 is 2.10 bits per heavy atom. The van der Waals surface area contributed by atoms with Gasteiger partial charge in [-0.1, -0.05) is 39.5 Å². The Labute approximate surface area is 121 Å². The van der Waals surface area contributed by atoms with E-state index in [2.05, 4.69) is 33.4 Å². The lowest BCUT2D eigenvalue weighted by molar-refractivity contribution is -0.195. The molecule has 0 aromatic rings. The fourth-order valence-corrected chi connectivity index (χ4v) is 4.22. The zero-order valence-corrected chi connectivity index (χ0v) is 12.6. The van der Waals surface area contributed by atoms with Gasteiger partial charge < -0.3 is 9.47 Å². The van der Waals surface area contributed by atoms with Crippen molar-refractivity contribution in [3.05, 3.63) is 24.3 Å². The number of fused-ring (bicyclic) bond motifs is 3. The number of hydrogen-bond acceptors (Lipinski definition) is 3. The third kappa shape index (κ3) is 1.63. The molecule has 4 atom stereocenters. The highest BCUT2D eigenvalue weighted by atomic mass is 16.8. The van der Waals surface area contributed by atoms with Gasteiger partial charge in [0.25, 0.3) is 0 Å². The topological polar surface area (TPSA) is 35.5 Å². The van der Waals surface area contributed by atoms with Gasteiger partial charge in [-0.25, -0.2) is 0 Å². The molecule has 0 unspecified atom stereocenters. The third-order valence-electron chi connectivity index (χ3n) is 5.54. The first kappa shape index (κ1) is 14.0. The van der Waals surface area contributed by atoms with E-state index in [1.165, 1.54) is 0 Å². The van der Waals surface area contributed by atoms with Gasteiger partial charge in [-0.05, 0) is 31.3 Å². The van der Waals surface area contributed by atoms with Crippen LogP contribution in [-0.2, 0) is 14.3 Å². The van der Waals surface area contributed by atoms with E-state index in [4.69, 9.17) is 9.47 Å². The Hall–Kier alpha value is -0.930. The zero-order valence-electron chi connectivity index (χ0n) is 12.6. The standard InChI is InChI=1S/C17H24O3/c1-5-11-9-8-10-16(4)12(11)13-14(15(16)18)20-17(6-2,7-3)19-13/h5,9,12-14H,1,6-8,10H2,2-4H3/t12-,13-,14-,16-/m0/s1. The molecule has 3 aliphatic rings. The lowest BCUT2D eigenvalue weighted by atomic mass is 9.68. The summed E-state index contributed by atoms with van der Waals surface area (Å²) in [4.78, 5) is 12.9. The van der Waals surface area contributed by atoms with Crippen LogP contribution in [0.3, 0.4) is 0 Å². The summed E-state index contributed by atoms with van der Waals surface area (Å²) in [5, 5.41) is 0. The molecule has 1 heterocycles. The molecule has 2 aliphatic carbocycles.